The van der Waals surface area contributed by atoms with Crippen molar-refractivity contribution in [1.82, 2.24) is 10.6 Å². The van der Waals surface area contributed by atoms with Gasteiger partial charge >= 0.3 is 5.97 Å². The molecule has 0 aliphatic carbocycles. The number of benzene rings is 2. The first kappa shape index (κ1) is 26.3. The Morgan fingerprint density at radius 1 is 1.03 bits per heavy atom. The molecule has 0 saturated heterocycles. The first-order valence-electron chi connectivity index (χ1n) is 9.51. The predicted octanol–water partition coefficient (Wildman–Crippen LogP) is 3.24. The number of hydrogen-bond donors (Lipinski definition) is 2. The summed E-state index contributed by atoms with van der Waals surface area (Å²) >= 11 is 0. The molecular formula is C22H30IN3O5. The SMILES string of the molecule is CN=C(NCc1ccc(OC)c(C(=O)OC)c1)NCC(C)Oc1cccc(OC)c1.I. The summed E-state index contributed by atoms with van der Waals surface area (Å²) in [6, 6.07) is 12.8. The summed E-state index contributed by atoms with van der Waals surface area (Å²) in [7, 11) is 6.17. The molecule has 0 bridgehead atoms. The van der Waals surface area contributed by atoms with Gasteiger partial charge in [-0.2, -0.15) is 0 Å². The molecule has 2 aromatic carbocycles. The van der Waals surface area contributed by atoms with E-state index in [1.165, 1.54) is 14.2 Å². The second-order valence-corrected chi connectivity index (χ2v) is 6.44. The minimum absolute atomic E-state index is 0. The lowest BCUT2D eigenvalue weighted by atomic mass is 10.1. The van der Waals surface area contributed by atoms with Gasteiger partial charge in [0.25, 0.3) is 0 Å². The van der Waals surface area contributed by atoms with Crippen LogP contribution in [0.25, 0.3) is 0 Å². The fourth-order valence-electron chi connectivity index (χ4n) is 2.73. The third-order valence-electron chi connectivity index (χ3n) is 4.29. The normalized spacial score (nSPS) is 11.6. The fraction of sp³-hybridized carbons (Fsp3) is 0.364. The van der Waals surface area contributed by atoms with E-state index in [1.807, 2.05) is 37.3 Å². The van der Waals surface area contributed by atoms with E-state index in [4.69, 9.17) is 18.9 Å². The van der Waals surface area contributed by atoms with Gasteiger partial charge in [0, 0.05) is 19.7 Å². The van der Waals surface area contributed by atoms with Crippen molar-refractivity contribution in [3.63, 3.8) is 0 Å². The Bertz CT molecular complexity index is 876. The molecule has 0 heterocycles. The first-order chi connectivity index (χ1) is 14.5. The van der Waals surface area contributed by atoms with Crippen LogP contribution in [0.5, 0.6) is 17.2 Å². The maximum absolute atomic E-state index is 11.9. The van der Waals surface area contributed by atoms with Crippen LogP contribution in [0.15, 0.2) is 47.5 Å². The summed E-state index contributed by atoms with van der Waals surface area (Å²) in [6.07, 6.45) is -0.0948. The Balaban J connectivity index is 0.00000480. The molecule has 0 spiro atoms. The minimum Gasteiger partial charge on any atom is -0.497 e. The molecule has 0 fully saturated rings. The van der Waals surface area contributed by atoms with Crippen LogP contribution in [0.4, 0.5) is 0 Å². The van der Waals surface area contributed by atoms with E-state index < -0.39 is 5.97 Å². The number of carbonyl (C=O) groups excluding carboxylic acids is 1. The fourth-order valence-corrected chi connectivity index (χ4v) is 2.73. The molecule has 8 nitrogen and oxygen atoms in total. The number of carbonyl (C=O) groups is 1. The maximum atomic E-state index is 11.9. The van der Waals surface area contributed by atoms with Gasteiger partial charge in [0.15, 0.2) is 5.96 Å². The summed E-state index contributed by atoms with van der Waals surface area (Å²) in [5, 5.41) is 6.44. The number of nitrogens with one attached hydrogen (secondary N) is 2. The minimum atomic E-state index is -0.445. The molecule has 170 valence electrons. The highest BCUT2D eigenvalue weighted by atomic mass is 127. The molecule has 9 heteroatoms. The van der Waals surface area contributed by atoms with Gasteiger partial charge in [0.05, 0.1) is 27.9 Å². The van der Waals surface area contributed by atoms with Crippen LogP contribution in [-0.4, -0.2) is 53.0 Å². The Morgan fingerprint density at radius 2 is 1.77 bits per heavy atom. The van der Waals surface area contributed by atoms with Crippen molar-refractivity contribution in [1.29, 1.82) is 0 Å². The smallest absolute Gasteiger partial charge is 0.341 e. The van der Waals surface area contributed by atoms with Gasteiger partial charge in [0.1, 0.15) is 28.9 Å². The lowest BCUT2D eigenvalue weighted by Gasteiger charge is -2.18. The molecule has 2 rings (SSSR count). The van der Waals surface area contributed by atoms with Crippen molar-refractivity contribution in [3.8, 4) is 17.2 Å². The third-order valence-corrected chi connectivity index (χ3v) is 4.29. The van der Waals surface area contributed by atoms with Gasteiger partial charge in [-0.1, -0.05) is 12.1 Å². The number of hydrogen-bond acceptors (Lipinski definition) is 6. The molecule has 31 heavy (non-hydrogen) atoms. The highest BCUT2D eigenvalue weighted by Gasteiger charge is 2.14. The van der Waals surface area contributed by atoms with Crippen LogP contribution in [-0.2, 0) is 11.3 Å². The van der Waals surface area contributed by atoms with Crippen molar-refractivity contribution >= 4 is 35.9 Å². The number of guanidine groups is 1. The van der Waals surface area contributed by atoms with Crippen molar-refractivity contribution in [2.24, 2.45) is 4.99 Å². The van der Waals surface area contributed by atoms with Gasteiger partial charge in [-0.3, -0.25) is 4.99 Å². The largest absolute Gasteiger partial charge is 0.497 e. The van der Waals surface area contributed by atoms with E-state index in [9.17, 15) is 4.79 Å². The highest BCUT2D eigenvalue weighted by Crippen LogP contribution is 2.21. The Kier molecular flexibility index (Phi) is 11.5. The van der Waals surface area contributed by atoms with E-state index in [2.05, 4.69) is 15.6 Å². The summed E-state index contributed by atoms with van der Waals surface area (Å²) in [5.74, 6) is 2.12. The van der Waals surface area contributed by atoms with Crippen molar-refractivity contribution < 1.29 is 23.7 Å². The highest BCUT2D eigenvalue weighted by molar-refractivity contribution is 14.0. The van der Waals surface area contributed by atoms with Crippen LogP contribution in [0, 0.1) is 0 Å². The molecule has 0 saturated carbocycles. The molecule has 2 N–H and O–H groups in total. The van der Waals surface area contributed by atoms with Crippen molar-refractivity contribution in [2.45, 2.75) is 19.6 Å². The van der Waals surface area contributed by atoms with Gasteiger partial charge in [0.2, 0.25) is 0 Å². The van der Waals surface area contributed by atoms with E-state index in [1.54, 1.807) is 26.3 Å². The van der Waals surface area contributed by atoms with E-state index in [0.717, 1.165) is 17.1 Å². The second kappa shape index (κ2) is 13.6. The summed E-state index contributed by atoms with van der Waals surface area (Å²) < 4.78 is 21.1. The molecule has 0 amide bonds. The molecule has 1 unspecified atom stereocenters. The Hall–Kier alpha value is -2.69. The quantitative estimate of drug-likeness (QED) is 0.217. The van der Waals surface area contributed by atoms with E-state index >= 15 is 0 Å². The average Bonchev–Trinajstić information content (AvgIpc) is 2.78. The maximum Gasteiger partial charge on any atom is 0.341 e. The number of rotatable bonds is 9. The number of halogens is 1. The number of esters is 1. The van der Waals surface area contributed by atoms with Crippen molar-refractivity contribution in [3.05, 3.63) is 53.6 Å². The zero-order valence-corrected chi connectivity index (χ0v) is 20.8. The summed E-state index contributed by atoms with van der Waals surface area (Å²) in [5.41, 5.74) is 1.27. The number of ether oxygens (including phenoxy) is 4. The van der Waals surface area contributed by atoms with Gasteiger partial charge in [-0.25, -0.2) is 4.79 Å². The standard InChI is InChI=1S/C22H29N3O5.HI/c1-15(30-18-8-6-7-17(12-18)27-3)13-24-22(23-2)25-14-16-9-10-20(28-4)19(11-16)21(26)29-5;/h6-12,15H,13-14H2,1-5H3,(H2,23,24,25);1H. The predicted molar refractivity (Wildman–Crippen MR) is 131 cm³/mol. The zero-order valence-electron chi connectivity index (χ0n) is 18.4. The monoisotopic (exact) mass is 543 g/mol. The molecule has 1 atom stereocenters. The molecule has 0 aliphatic heterocycles. The molecule has 0 aromatic heterocycles. The molecule has 0 radical (unpaired) electrons. The lowest BCUT2D eigenvalue weighted by Crippen LogP contribution is -2.41. The van der Waals surface area contributed by atoms with Crippen LogP contribution < -0.4 is 24.8 Å². The van der Waals surface area contributed by atoms with Crippen molar-refractivity contribution in [2.75, 3.05) is 34.9 Å². The first-order valence-corrected chi connectivity index (χ1v) is 9.51. The molecule has 0 aliphatic rings. The van der Waals surface area contributed by atoms with E-state index in [0.29, 0.717) is 30.4 Å². The number of nitrogens with zero attached hydrogens (tertiary/aromatic N) is 1. The van der Waals surface area contributed by atoms with Crippen LogP contribution in [0.1, 0.15) is 22.8 Å². The topological polar surface area (TPSA) is 90.4 Å². The van der Waals surface area contributed by atoms with E-state index in [-0.39, 0.29) is 30.1 Å². The van der Waals surface area contributed by atoms with Crippen LogP contribution >= 0.6 is 24.0 Å². The van der Waals surface area contributed by atoms with Gasteiger partial charge in [-0.15, -0.1) is 24.0 Å². The molecule has 2 aromatic rings. The summed E-state index contributed by atoms with van der Waals surface area (Å²) in [4.78, 5) is 16.1. The lowest BCUT2D eigenvalue weighted by molar-refractivity contribution is 0.0597. The van der Waals surface area contributed by atoms with Crippen LogP contribution in [0.2, 0.25) is 0 Å². The van der Waals surface area contributed by atoms with Gasteiger partial charge < -0.3 is 29.6 Å². The Labute approximate surface area is 200 Å². The van der Waals surface area contributed by atoms with Gasteiger partial charge in [-0.05, 0) is 36.8 Å². The molecular weight excluding hydrogens is 513 g/mol. The number of methoxy groups -OCH3 is 3. The Morgan fingerprint density at radius 3 is 2.42 bits per heavy atom. The average molecular weight is 543 g/mol. The zero-order chi connectivity index (χ0) is 21.9. The summed E-state index contributed by atoms with van der Waals surface area (Å²) in [6.45, 7) is 2.98. The third kappa shape index (κ3) is 8.16. The van der Waals surface area contributed by atoms with Crippen LogP contribution in [0.3, 0.4) is 0 Å². The second-order valence-electron chi connectivity index (χ2n) is 6.44. The number of aliphatic imine (C=N–C) groups is 1.